The molecule has 1 amide bonds. The van der Waals surface area contributed by atoms with E-state index in [1.807, 2.05) is 19.1 Å². The molecule has 2 rings (SSSR count). The van der Waals surface area contributed by atoms with Gasteiger partial charge >= 0.3 is 0 Å². The lowest BCUT2D eigenvalue weighted by Crippen LogP contribution is -2.22. The van der Waals surface area contributed by atoms with Gasteiger partial charge in [-0.2, -0.15) is 0 Å². The second-order valence-electron chi connectivity index (χ2n) is 4.12. The van der Waals surface area contributed by atoms with Crippen LogP contribution in [-0.4, -0.2) is 10.8 Å². The fourth-order valence-corrected chi connectivity index (χ4v) is 2.66. The summed E-state index contributed by atoms with van der Waals surface area (Å²) in [4.78, 5) is 24.3. The summed E-state index contributed by atoms with van der Waals surface area (Å²) in [6.45, 7) is 2.38. The van der Waals surface area contributed by atoms with Gasteiger partial charge in [0.15, 0.2) is 0 Å². The first-order chi connectivity index (χ1) is 9.47. The van der Waals surface area contributed by atoms with Crippen LogP contribution in [0.1, 0.15) is 20.1 Å². The Morgan fingerprint density at radius 1 is 1.40 bits per heavy atom. The average molecular weight is 311 g/mol. The zero-order valence-corrected chi connectivity index (χ0v) is 12.1. The SMILES string of the molecule is Cc1ccc(CNC(=O)c2ccc(Cl)c([N+](=O)[O-])c2)s1. The van der Waals surface area contributed by atoms with Crippen molar-refractivity contribution in [3.05, 3.63) is 60.8 Å². The van der Waals surface area contributed by atoms with Gasteiger partial charge in [-0.25, -0.2) is 0 Å². The van der Waals surface area contributed by atoms with E-state index in [9.17, 15) is 14.9 Å². The van der Waals surface area contributed by atoms with E-state index in [-0.39, 0.29) is 22.2 Å². The van der Waals surface area contributed by atoms with E-state index in [4.69, 9.17) is 11.6 Å². The molecule has 0 aliphatic carbocycles. The Labute approximate surface area is 124 Å². The van der Waals surface area contributed by atoms with Crippen molar-refractivity contribution >= 4 is 34.5 Å². The number of benzene rings is 1. The monoisotopic (exact) mass is 310 g/mol. The third-order valence-electron chi connectivity index (χ3n) is 2.62. The molecule has 0 unspecified atom stereocenters. The molecule has 20 heavy (non-hydrogen) atoms. The highest BCUT2D eigenvalue weighted by Crippen LogP contribution is 2.25. The van der Waals surface area contributed by atoms with Crippen molar-refractivity contribution < 1.29 is 9.72 Å². The van der Waals surface area contributed by atoms with E-state index in [0.717, 1.165) is 9.75 Å². The number of carbonyl (C=O) groups is 1. The van der Waals surface area contributed by atoms with Gasteiger partial charge in [0.2, 0.25) is 0 Å². The van der Waals surface area contributed by atoms with Crippen molar-refractivity contribution in [2.45, 2.75) is 13.5 Å². The van der Waals surface area contributed by atoms with Gasteiger partial charge in [0.1, 0.15) is 5.02 Å². The van der Waals surface area contributed by atoms with E-state index in [0.29, 0.717) is 6.54 Å². The second-order valence-corrected chi connectivity index (χ2v) is 5.90. The summed E-state index contributed by atoms with van der Waals surface area (Å²) in [5, 5.41) is 13.5. The Bertz CT molecular complexity index is 669. The average Bonchev–Trinajstić information content (AvgIpc) is 2.82. The maximum atomic E-state index is 11.9. The number of aryl methyl sites for hydroxylation is 1. The lowest BCUT2D eigenvalue weighted by atomic mass is 10.2. The molecular weight excluding hydrogens is 300 g/mol. The molecule has 0 aliphatic heterocycles. The molecule has 0 saturated carbocycles. The van der Waals surface area contributed by atoms with Gasteiger partial charge in [-0.15, -0.1) is 11.3 Å². The number of thiophene rings is 1. The van der Waals surface area contributed by atoms with Gasteiger partial charge in [-0.05, 0) is 31.2 Å². The molecule has 2 aromatic rings. The van der Waals surface area contributed by atoms with Crippen LogP contribution < -0.4 is 5.32 Å². The molecule has 7 heteroatoms. The number of nitro groups is 1. The first kappa shape index (κ1) is 14.5. The molecule has 104 valence electrons. The molecule has 0 fully saturated rings. The molecule has 0 spiro atoms. The van der Waals surface area contributed by atoms with Gasteiger partial charge in [0.05, 0.1) is 11.5 Å². The van der Waals surface area contributed by atoms with E-state index in [1.54, 1.807) is 11.3 Å². The molecule has 0 bridgehead atoms. The summed E-state index contributed by atoms with van der Waals surface area (Å²) in [6, 6.07) is 7.90. The summed E-state index contributed by atoms with van der Waals surface area (Å²) in [6.07, 6.45) is 0. The van der Waals surface area contributed by atoms with Crippen LogP contribution in [0.4, 0.5) is 5.69 Å². The second kappa shape index (κ2) is 6.02. The Hall–Kier alpha value is -1.92. The number of rotatable bonds is 4. The van der Waals surface area contributed by atoms with E-state index >= 15 is 0 Å². The van der Waals surface area contributed by atoms with Crippen LogP contribution in [0.3, 0.4) is 0 Å². The van der Waals surface area contributed by atoms with Crippen LogP contribution in [0, 0.1) is 17.0 Å². The Morgan fingerprint density at radius 3 is 2.75 bits per heavy atom. The van der Waals surface area contributed by atoms with Crippen LogP contribution in [0.2, 0.25) is 5.02 Å². The zero-order valence-electron chi connectivity index (χ0n) is 10.6. The number of hydrogen-bond donors (Lipinski definition) is 1. The summed E-state index contributed by atoms with van der Waals surface area (Å²) in [5.41, 5.74) is -0.0549. The minimum Gasteiger partial charge on any atom is -0.347 e. The molecule has 5 nitrogen and oxygen atoms in total. The van der Waals surface area contributed by atoms with Crippen LogP contribution >= 0.6 is 22.9 Å². The first-order valence-electron chi connectivity index (χ1n) is 5.75. The molecule has 1 heterocycles. The maximum absolute atomic E-state index is 11.9. The largest absolute Gasteiger partial charge is 0.347 e. The maximum Gasteiger partial charge on any atom is 0.288 e. The molecule has 1 N–H and O–H groups in total. The van der Waals surface area contributed by atoms with Crippen molar-refractivity contribution in [2.75, 3.05) is 0 Å². The lowest BCUT2D eigenvalue weighted by Gasteiger charge is -2.04. The van der Waals surface area contributed by atoms with Crippen LogP contribution in [0.5, 0.6) is 0 Å². The van der Waals surface area contributed by atoms with Gasteiger partial charge < -0.3 is 5.32 Å². The summed E-state index contributed by atoms with van der Waals surface area (Å²) in [5.74, 6) is -0.365. The number of carbonyl (C=O) groups excluding carboxylic acids is 1. The number of hydrogen-bond acceptors (Lipinski definition) is 4. The molecular formula is C13H11ClN2O3S. The number of nitrogens with one attached hydrogen (secondary N) is 1. The molecule has 0 atom stereocenters. The number of halogens is 1. The molecule has 1 aromatic heterocycles. The summed E-state index contributed by atoms with van der Waals surface area (Å²) in [7, 11) is 0. The molecule has 1 aromatic carbocycles. The summed E-state index contributed by atoms with van der Waals surface area (Å²) >= 11 is 7.29. The quantitative estimate of drug-likeness (QED) is 0.693. The van der Waals surface area contributed by atoms with Crippen molar-refractivity contribution in [2.24, 2.45) is 0 Å². The fourth-order valence-electron chi connectivity index (χ4n) is 1.64. The zero-order chi connectivity index (χ0) is 14.7. The van der Waals surface area contributed by atoms with E-state index < -0.39 is 4.92 Å². The third-order valence-corrected chi connectivity index (χ3v) is 3.94. The fraction of sp³-hybridized carbons (Fsp3) is 0.154. The highest BCUT2D eigenvalue weighted by atomic mass is 35.5. The molecule has 0 aliphatic rings. The van der Waals surface area contributed by atoms with Gasteiger partial charge in [-0.1, -0.05) is 11.6 Å². The Kier molecular flexibility index (Phi) is 4.36. The highest BCUT2D eigenvalue weighted by molar-refractivity contribution is 7.11. The van der Waals surface area contributed by atoms with Crippen molar-refractivity contribution in [1.29, 1.82) is 0 Å². The van der Waals surface area contributed by atoms with Crippen LogP contribution in [-0.2, 0) is 6.54 Å². The number of nitrogens with zero attached hydrogens (tertiary/aromatic N) is 1. The van der Waals surface area contributed by atoms with Crippen molar-refractivity contribution in [1.82, 2.24) is 5.32 Å². The lowest BCUT2D eigenvalue weighted by molar-refractivity contribution is -0.384. The highest BCUT2D eigenvalue weighted by Gasteiger charge is 2.16. The predicted molar refractivity (Wildman–Crippen MR) is 78.3 cm³/mol. The van der Waals surface area contributed by atoms with Crippen molar-refractivity contribution in [3.63, 3.8) is 0 Å². The minimum absolute atomic E-state index is 0.0143. The van der Waals surface area contributed by atoms with Crippen molar-refractivity contribution in [3.8, 4) is 0 Å². The van der Waals surface area contributed by atoms with E-state index in [1.165, 1.54) is 18.2 Å². The number of amides is 1. The minimum atomic E-state index is -0.609. The van der Waals surface area contributed by atoms with Crippen LogP contribution in [0.25, 0.3) is 0 Å². The van der Waals surface area contributed by atoms with Gasteiger partial charge in [0.25, 0.3) is 11.6 Å². The third kappa shape index (κ3) is 3.34. The van der Waals surface area contributed by atoms with Gasteiger partial charge in [-0.3, -0.25) is 14.9 Å². The standard InChI is InChI=1S/C13H11ClN2O3S/c1-8-2-4-10(20-8)7-15-13(17)9-3-5-11(14)12(6-9)16(18)19/h2-6H,7H2,1H3,(H,15,17). The van der Waals surface area contributed by atoms with Crippen LogP contribution in [0.15, 0.2) is 30.3 Å². The molecule has 0 saturated heterocycles. The first-order valence-corrected chi connectivity index (χ1v) is 6.94. The van der Waals surface area contributed by atoms with E-state index in [2.05, 4.69) is 5.32 Å². The Balaban J connectivity index is 2.09. The smallest absolute Gasteiger partial charge is 0.288 e. The number of nitro benzene ring substituents is 1. The van der Waals surface area contributed by atoms with Gasteiger partial charge in [0, 0.05) is 21.4 Å². The Morgan fingerprint density at radius 2 is 2.15 bits per heavy atom. The topological polar surface area (TPSA) is 72.2 Å². The normalized spacial score (nSPS) is 10.3. The molecule has 0 radical (unpaired) electrons. The summed E-state index contributed by atoms with van der Waals surface area (Å²) < 4.78 is 0. The predicted octanol–water partition coefficient (Wildman–Crippen LogP) is 3.55.